The van der Waals surface area contributed by atoms with E-state index in [0.29, 0.717) is 5.56 Å². The molecule has 2 aromatic rings. The van der Waals surface area contributed by atoms with E-state index in [-0.39, 0.29) is 11.9 Å². The Morgan fingerprint density at radius 1 is 1.19 bits per heavy atom. The molecule has 1 unspecified atom stereocenters. The molecule has 1 atom stereocenters. The lowest BCUT2D eigenvalue weighted by molar-refractivity contribution is 0.102. The van der Waals surface area contributed by atoms with Gasteiger partial charge in [-0.2, -0.15) is 0 Å². The summed E-state index contributed by atoms with van der Waals surface area (Å²) < 4.78 is 0. The van der Waals surface area contributed by atoms with Crippen LogP contribution in [0.1, 0.15) is 40.3 Å². The van der Waals surface area contributed by atoms with Gasteiger partial charge >= 0.3 is 0 Å². The molecule has 0 spiro atoms. The smallest absolute Gasteiger partial charge is 0.257 e. The first kappa shape index (κ1) is 15.2. The summed E-state index contributed by atoms with van der Waals surface area (Å²) >= 11 is 0. The van der Waals surface area contributed by atoms with E-state index in [1.165, 1.54) is 0 Å². The van der Waals surface area contributed by atoms with E-state index >= 15 is 0 Å². The van der Waals surface area contributed by atoms with E-state index in [2.05, 4.69) is 22.5 Å². The van der Waals surface area contributed by atoms with Gasteiger partial charge in [0.05, 0.1) is 11.3 Å². The number of rotatable bonds is 4. The Hall–Kier alpha value is -2.20. The maximum absolute atomic E-state index is 12.3. The minimum absolute atomic E-state index is 0.130. The molecule has 0 saturated heterocycles. The van der Waals surface area contributed by atoms with E-state index in [1.54, 1.807) is 0 Å². The maximum atomic E-state index is 12.3. The molecule has 2 N–H and O–H groups in total. The van der Waals surface area contributed by atoms with Crippen molar-refractivity contribution in [3.05, 3.63) is 58.9 Å². The van der Waals surface area contributed by atoms with Gasteiger partial charge in [0, 0.05) is 17.4 Å². The standard InChI is InChI=1S/C17H21N3O/c1-11-8-9-16(13(3)19-11)17(21)20-15-7-5-6-14(10-15)12(2)18-4/h5-10,12,18H,1-4H3,(H,20,21). The van der Waals surface area contributed by atoms with Crippen molar-refractivity contribution < 1.29 is 4.79 Å². The van der Waals surface area contributed by atoms with Gasteiger partial charge in [0.25, 0.3) is 5.91 Å². The number of carbonyl (C=O) groups excluding carboxylic acids is 1. The zero-order valence-corrected chi connectivity index (χ0v) is 12.9. The molecule has 0 bridgehead atoms. The third kappa shape index (κ3) is 3.67. The first-order chi connectivity index (χ1) is 10.0. The van der Waals surface area contributed by atoms with Crippen LogP contribution in [0, 0.1) is 13.8 Å². The Balaban J connectivity index is 2.19. The number of hydrogen-bond donors (Lipinski definition) is 2. The van der Waals surface area contributed by atoms with Crippen molar-refractivity contribution in [1.29, 1.82) is 0 Å². The normalized spacial score (nSPS) is 12.0. The van der Waals surface area contributed by atoms with Gasteiger partial charge in [0.1, 0.15) is 0 Å². The average molecular weight is 283 g/mol. The van der Waals surface area contributed by atoms with Gasteiger partial charge in [-0.05, 0) is 57.6 Å². The van der Waals surface area contributed by atoms with Gasteiger partial charge in [-0.3, -0.25) is 9.78 Å². The second-order valence-electron chi connectivity index (χ2n) is 5.18. The van der Waals surface area contributed by atoms with Crippen LogP contribution in [-0.2, 0) is 0 Å². The van der Waals surface area contributed by atoms with Gasteiger partial charge in [-0.25, -0.2) is 0 Å². The minimum atomic E-state index is -0.130. The van der Waals surface area contributed by atoms with Crippen LogP contribution < -0.4 is 10.6 Å². The van der Waals surface area contributed by atoms with Crippen LogP contribution in [0.15, 0.2) is 36.4 Å². The third-order valence-corrected chi connectivity index (χ3v) is 3.55. The minimum Gasteiger partial charge on any atom is -0.322 e. The van der Waals surface area contributed by atoms with Crippen molar-refractivity contribution in [2.24, 2.45) is 0 Å². The van der Waals surface area contributed by atoms with Crippen LogP contribution in [0.5, 0.6) is 0 Å². The molecular formula is C17H21N3O. The van der Waals surface area contributed by atoms with E-state index in [0.717, 1.165) is 22.6 Å². The van der Waals surface area contributed by atoms with Crippen LogP contribution in [0.2, 0.25) is 0 Å². The van der Waals surface area contributed by atoms with Gasteiger partial charge in [0.2, 0.25) is 0 Å². The second kappa shape index (κ2) is 6.50. The largest absolute Gasteiger partial charge is 0.322 e. The van der Waals surface area contributed by atoms with Crippen molar-refractivity contribution >= 4 is 11.6 Å². The average Bonchev–Trinajstić information content (AvgIpc) is 2.46. The molecule has 1 aromatic carbocycles. The van der Waals surface area contributed by atoms with E-state index < -0.39 is 0 Å². The summed E-state index contributed by atoms with van der Waals surface area (Å²) in [5.74, 6) is -0.130. The van der Waals surface area contributed by atoms with E-state index in [1.807, 2.05) is 57.3 Å². The second-order valence-corrected chi connectivity index (χ2v) is 5.18. The Kier molecular flexibility index (Phi) is 4.70. The molecule has 0 aliphatic rings. The maximum Gasteiger partial charge on any atom is 0.257 e. The topological polar surface area (TPSA) is 54.0 Å². The fourth-order valence-corrected chi connectivity index (χ4v) is 2.18. The number of aromatic nitrogens is 1. The number of hydrogen-bond acceptors (Lipinski definition) is 3. The molecule has 1 amide bonds. The van der Waals surface area contributed by atoms with Crippen molar-refractivity contribution in [2.75, 3.05) is 12.4 Å². The number of benzene rings is 1. The summed E-state index contributed by atoms with van der Waals surface area (Å²) in [5.41, 5.74) is 4.18. The molecule has 0 saturated carbocycles. The van der Waals surface area contributed by atoms with Crippen LogP contribution in [0.4, 0.5) is 5.69 Å². The molecule has 2 rings (SSSR count). The molecule has 1 heterocycles. The summed E-state index contributed by atoms with van der Waals surface area (Å²) in [6.07, 6.45) is 0. The molecule has 0 radical (unpaired) electrons. The summed E-state index contributed by atoms with van der Waals surface area (Å²) in [6, 6.07) is 11.8. The number of anilines is 1. The summed E-state index contributed by atoms with van der Waals surface area (Å²) in [7, 11) is 1.91. The molecule has 21 heavy (non-hydrogen) atoms. The summed E-state index contributed by atoms with van der Waals surface area (Å²) in [5, 5.41) is 6.12. The van der Waals surface area contributed by atoms with E-state index in [4.69, 9.17) is 0 Å². The number of nitrogens with zero attached hydrogens (tertiary/aromatic N) is 1. The Morgan fingerprint density at radius 2 is 1.95 bits per heavy atom. The zero-order chi connectivity index (χ0) is 15.4. The summed E-state index contributed by atoms with van der Waals surface area (Å²) in [4.78, 5) is 16.7. The summed E-state index contributed by atoms with van der Waals surface area (Å²) in [6.45, 7) is 5.84. The Labute approximate surface area is 125 Å². The lowest BCUT2D eigenvalue weighted by Gasteiger charge is -2.13. The van der Waals surface area contributed by atoms with Crippen LogP contribution in [0.25, 0.3) is 0 Å². The molecular weight excluding hydrogens is 262 g/mol. The fraction of sp³-hybridized carbons (Fsp3) is 0.294. The highest BCUT2D eigenvalue weighted by Gasteiger charge is 2.11. The van der Waals surface area contributed by atoms with Crippen LogP contribution in [0.3, 0.4) is 0 Å². The number of aryl methyl sites for hydroxylation is 2. The third-order valence-electron chi connectivity index (χ3n) is 3.55. The van der Waals surface area contributed by atoms with Gasteiger partial charge in [0.15, 0.2) is 0 Å². The molecule has 0 fully saturated rings. The lowest BCUT2D eigenvalue weighted by Crippen LogP contribution is -2.16. The van der Waals surface area contributed by atoms with Crippen molar-refractivity contribution in [1.82, 2.24) is 10.3 Å². The molecule has 4 nitrogen and oxygen atoms in total. The molecule has 1 aromatic heterocycles. The predicted octanol–water partition coefficient (Wildman–Crippen LogP) is 3.23. The van der Waals surface area contributed by atoms with Gasteiger partial charge in [-0.1, -0.05) is 12.1 Å². The number of nitrogens with one attached hydrogen (secondary N) is 2. The lowest BCUT2D eigenvalue weighted by atomic mass is 10.1. The van der Waals surface area contributed by atoms with Crippen LogP contribution in [-0.4, -0.2) is 17.9 Å². The zero-order valence-electron chi connectivity index (χ0n) is 12.9. The number of pyridine rings is 1. The van der Waals surface area contributed by atoms with E-state index in [9.17, 15) is 4.79 Å². The highest BCUT2D eigenvalue weighted by molar-refractivity contribution is 6.05. The Morgan fingerprint density at radius 3 is 2.62 bits per heavy atom. The molecule has 4 heteroatoms. The first-order valence-corrected chi connectivity index (χ1v) is 7.04. The highest BCUT2D eigenvalue weighted by Crippen LogP contribution is 2.18. The monoisotopic (exact) mass is 283 g/mol. The molecule has 0 aliphatic heterocycles. The quantitative estimate of drug-likeness (QED) is 0.905. The number of amides is 1. The number of carbonyl (C=O) groups is 1. The molecule has 110 valence electrons. The fourth-order valence-electron chi connectivity index (χ4n) is 2.18. The van der Waals surface area contributed by atoms with Crippen LogP contribution >= 0.6 is 0 Å². The van der Waals surface area contributed by atoms with Gasteiger partial charge in [-0.15, -0.1) is 0 Å². The van der Waals surface area contributed by atoms with Crippen molar-refractivity contribution in [2.45, 2.75) is 26.8 Å². The SMILES string of the molecule is CNC(C)c1cccc(NC(=O)c2ccc(C)nc2C)c1. The van der Waals surface area contributed by atoms with Crippen molar-refractivity contribution in [3.8, 4) is 0 Å². The Bertz CT molecular complexity index is 652. The highest BCUT2D eigenvalue weighted by atomic mass is 16.1. The first-order valence-electron chi connectivity index (χ1n) is 7.04. The molecule has 0 aliphatic carbocycles. The van der Waals surface area contributed by atoms with Crippen molar-refractivity contribution in [3.63, 3.8) is 0 Å². The van der Waals surface area contributed by atoms with Gasteiger partial charge < -0.3 is 10.6 Å². The predicted molar refractivity (Wildman–Crippen MR) is 85.6 cm³/mol.